The first-order chi connectivity index (χ1) is 17.9. The molecule has 0 saturated carbocycles. The van der Waals surface area contributed by atoms with Gasteiger partial charge in [-0.15, -0.1) is 11.8 Å². The van der Waals surface area contributed by atoms with E-state index in [1.54, 1.807) is 48.0 Å². The zero-order valence-corrected chi connectivity index (χ0v) is 21.9. The molecule has 1 spiro atoms. The minimum atomic E-state index is -0.726. The monoisotopic (exact) mass is 523 g/mol. The predicted octanol–water partition coefficient (Wildman–Crippen LogP) is 2.67. The number of anilines is 1. The van der Waals surface area contributed by atoms with E-state index in [-0.39, 0.29) is 42.0 Å². The molecule has 3 fully saturated rings. The van der Waals surface area contributed by atoms with Crippen molar-refractivity contribution in [1.82, 2.24) is 10.2 Å². The van der Waals surface area contributed by atoms with Gasteiger partial charge in [-0.05, 0) is 48.6 Å². The first-order valence-electron chi connectivity index (χ1n) is 12.8. The van der Waals surface area contributed by atoms with Crippen LogP contribution in [0.4, 0.5) is 5.69 Å². The third-order valence-corrected chi connectivity index (χ3v) is 10.1. The van der Waals surface area contributed by atoms with Gasteiger partial charge < -0.3 is 25.4 Å². The van der Waals surface area contributed by atoms with Crippen LogP contribution in [0, 0.1) is 17.8 Å². The maximum absolute atomic E-state index is 13.9. The van der Waals surface area contributed by atoms with E-state index in [1.165, 1.54) is 0 Å². The molecule has 3 aliphatic rings. The largest absolute Gasteiger partial charge is 0.497 e. The second kappa shape index (κ2) is 10.4. The number of nitrogens with one attached hydrogen (secondary N) is 2. The summed E-state index contributed by atoms with van der Waals surface area (Å²) in [5, 5.41) is 15.5. The molecule has 3 N–H and O–H groups in total. The van der Waals surface area contributed by atoms with Crippen LogP contribution >= 0.6 is 11.8 Å². The number of amides is 3. The number of ether oxygens (including phenoxy) is 1. The molecular formula is C28H33N3O5S. The van der Waals surface area contributed by atoms with E-state index in [2.05, 4.69) is 17.6 Å². The van der Waals surface area contributed by atoms with Crippen molar-refractivity contribution in [3.8, 4) is 5.75 Å². The summed E-state index contributed by atoms with van der Waals surface area (Å²) in [6, 6.07) is 16.0. The average Bonchev–Trinajstić information content (AvgIpc) is 3.50. The summed E-state index contributed by atoms with van der Waals surface area (Å²) in [6.07, 6.45) is 1.15. The Bertz CT molecular complexity index is 1160. The maximum atomic E-state index is 13.9. The SMILES string of the molecule is COc1ccc(NC(=O)C2N(CCCO)C(=O)[C@@H]3[C@H](C(=O)NCc4ccccc4)[C@@H]4CC(C)C23S4)cc1. The minimum absolute atomic E-state index is 0.0176. The molecule has 2 bridgehead atoms. The fraction of sp³-hybridized carbons (Fsp3) is 0.464. The number of hydrogen-bond donors (Lipinski definition) is 3. The highest BCUT2D eigenvalue weighted by atomic mass is 32.2. The van der Waals surface area contributed by atoms with Crippen LogP contribution in [0.2, 0.25) is 0 Å². The minimum Gasteiger partial charge on any atom is -0.497 e. The Balaban J connectivity index is 1.43. The molecule has 3 amide bonds. The highest BCUT2D eigenvalue weighted by molar-refractivity contribution is 8.02. The van der Waals surface area contributed by atoms with Crippen molar-refractivity contribution in [3.05, 3.63) is 60.2 Å². The van der Waals surface area contributed by atoms with Crippen molar-refractivity contribution in [2.24, 2.45) is 17.8 Å². The molecule has 3 aliphatic heterocycles. The van der Waals surface area contributed by atoms with Gasteiger partial charge in [0.05, 0.1) is 23.7 Å². The van der Waals surface area contributed by atoms with Crippen LogP contribution in [-0.2, 0) is 20.9 Å². The van der Waals surface area contributed by atoms with Crippen LogP contribution in [0.25, 0.3) is 0 Å². The number of rotatable bonds is 9. The summed E-state index contributed by atoms with van der Waals surface area (Å²) in [5.74, 6) is -0.860. The summed E-state index contributed by atoms with van der Waals surface area (Å²) in [7, 11) is 1.58. The van der Waals surface area contributed by atoms with Crippen molar-refractivity contribution in [2.45, 2.75) is 42.3 Å². The van der Waals surface area contributed by atoms with Crippen LogP contribution in [0.15, 0.2) is 54.6 Å². The number of fused-ring (bicyclic) bond motifs is 1. The van der Waals surface area contributed by atoms with Gasteiger partial charge in [-0.3, -0.25) is 14.4 Å². The van der Waals surface area contributed by atoms with E-state index in [0.717, 1.165) is 12.0 Å². The van der Waals surface area contributed by atoms with Crippen molar-refractivity contribution < 1.29 is 24.2 Å². The lowest BCUT2D eigenvalue weighted by molar-refractivity contribution is -0.139. The molecule has 0 radical (unpaired) electrons. The summed E-state index contributed by atoms with van der Waals surface area (Å²) in [4.78, 5) is 42.9. The first kappa shape index (κ1) is 25.6. The zero-order chi connectivity index (χ0) is 26.2. The molecule has 9 heteroatoms. The van der Waals surface area contributed by atoms with Crippen molar-refractivity contribution >= 4 is 35.2 Å². The Labute approximate surface area is 221 Å². The lowest BCUT2D eigenvalue weighted by Gasteiger charge is -2.38. The van der Waals surface area contributed by atoms with Crippen LogP contribution in [0.1, 0.15) is 25.3 Å². The van der Waals surface area contributed by atoms with Crippen molar-refractivity contribution in [3.63, 3.8) is 0 Å². The lowest BCUT2D eigenvalue weighted by Crippen LogP contribution is -2.55. The number of aliphatic hydroxyl groups excluding tert-OH is 1. The normalized spacial score (nSPS) is 29.8. The number of thioether (sulfide) groups is 1. The Hall–Kier alpha value is -3.04. The summed E-state index contributed by atoms with van der Waals surface area (Å²) in [6.45, 7) is 2.67. The standard InChI is InChI=1S/C28H33N3O5S/c1-17-15-21-22(25(33)29-16-18-7-4-3-5-8-18)23-27(35)31(13-6-14-32)24(28(17,23)37-21)26(34)30-19-9-11-20(36-2)12-10-19/h3-5,7-12,17,21-24,32H,6,13-16H2,1-2H3,(H,29,33)(H,30,34)/t17?,21-,22+,23-,24?,28?/m0/s1. The molecule has 3 saturated heterocycles. The highest BCUT2D eigenvalue weighted by Crippen LogP contribution is 2.68. The van der Waals surface area contributed by atoms with Crippen LogP contribution in [-0.4, -0.2) is 64.0 Å². The van der Waals surface area contributed by atoms with E-state index in [4.69, 9.17) is 4.74 Å². The number of benzene rings is 2. The third-order valence-electron chi connectivity index (χ3n) is 8.02. The number of hydrogen-bond acceptors (Lipinski definition) is 6. The second-order valence-corrected chi connectivity index (χ2v) is 11.6. The van der Waals surface area contributed by atoms with Gasteiger partial charge in [0.2, 0.25) is 17.7 Å². The van der Waals surface area contributed by atoms with Crippen LogP contribution in [0.5, 0.6) is 5.75 Å². The Morgan fingerprint density at radius 2 is 1.86 bits per heavy atom. The van der Waals surface area contributed by atoms with Crippen LogP contribution < -0.4 is 15.4 Å². The fourth-order valence-corrected chi connectivity index (χ4v) is 8.81. The zero-order valence-electron chi connectivity index (χ0n) is 21.1. The van der Waals surface area contributed by atoms with Gasteiger partial charge in [-0.1, -0.05) is 37.3 Å². The summed E-state index contributed by atoms with van der Waals surface area (Å²) >= 11 is 1.64. The van der Waals surface area contributed by atoms with E-state index in [1.807, 2.05) is 30.3 Å². The molecule has 6 atom stereocenters. The molecule has 196 valence electrons. The Kier molecular flexibility index (Phi) is 7.18. The number of nitrogens with zero attached hydrogens (tertiary/aromatic N) is 1. The fourth-order valence-electron chi connectivity index (χ4n) is 6.39. The molecule has 3 heterocycles. The van der Waals surface area contributed by atoms with Crippen molar-refractivity contribution in [1.29, 1.82) is 0 Å². The molecular weight excluding hydrogens is 490 g/mol. The molecule has 5 rings (SSSR count). The first-order valence-corrected chi connectivity index (χ1v) is 13.6. The van der Waals surface area contributed by atoms with Gasteiger partial charge >= 0.3 is 0 Å². The molecule has 0 aromatic heterocycles. The van der Waals surface area contributed by atoms with Gasteiger partial charge in [0, 0.05) is 30.6 Å². The van der Waals surface area contributed by atoms with Crippen molar-refractivity contribution in [2.75, 3.05) is 25.6 Å². The van der Waals surface area contributed by atoms with E-state index in [9.17, 15) is 19.5 Å². The molecule has 8 nitrogen and oxygen atoms in total. The maximum Gasteiger partial charge on any atom is 0.248 e. The molecule has 2 aromatic rings. The van der Waals surface area contributed by atoms with Gasteiger partial charge in [-0.2, -0.15) is 0 Å². The molecule has 2 aromatic carbocycles. The number of carbonyl (C=O) groups is 3. The number of likely N-dealkylation sites (tertiary alicyclic amines) is 1. The average molecular weight is 524 g/mol. The molecule has 3 unspecified atom stereocenters. The number of methoxy groups -OCH3 is 1. The predicted molar refractivity (Wildman–Crippen MR) is 142 cm³/mol. The number of carbonyl (C=O) groups excluding carboxylic acids is 3. The molecule has 0 aliphatic carbocycles. The van der Waals surface area contributed by atoms with Gasteiger partial charge in [0.25, 0.3) is 0 Å². The Morgan fingerprint density at radius 3 is 2.54 bits per heavy atom. The van der Waals surface area contributed by atoms with Gasteiger partial charge in [0.15, 0.2) is 0 Å². The summed E-state index contributed by atoms with van der Waals surface area (Å²) in [5.41, 5.74) is 1.61. The topological polar surface area (TPSA) is 108 Å². The van der Waals surface area contributed by atoms with Crippen LogP contribution in [0.3, 0.4) is 0 Å². The van der Waals surface area contributed by atoms with E-state index < -0.39 is 22.6 Å². The number of aliphatic hydroxyl groups is 1. The second-order valence-electron chi connectivity index (χ2n) is 10.1. The van der Waals surface area contributed by atoms with E-state index in [0.29, 0.717) is 24.4 Å². The Morgan fingerprint density at radius 1 is 1.14 bits per heavy atom. The summed E-state index contributed by atoms with van der Waals surface area (Å²) < 4.78 is 4.52. The quantitative estimate of drug-likeness (QED) is 0.467. The molecule has 37 heavy (non-hydrogen) atoms. The van der Waals surface area contributed by atoms with Gasteiger partial charge in [-0.25, -0.2) is 0 Å². The lowest BCUT2D eigenvalue weighted by atomic mass is 9.66. The highest BCUT2D eigenvalue weighted by Gasteiger charge is 2.75. The third kappa shape index (κ3) is 4.38. The van der Waals surface area contributed by atoms with Gasteiger partial charge in [0.1, 0.15) is 11.8 Å². The smallest absolute Gasteiger partial charge is 0.248 e. The van der Waals surface area contributed by atoms with E-state index >= 15 is 0 Å².